The summed E-state index contributed by atoms with van der Waals surface area (Å²) in [6.45, 7) is 6.58. The standard InChI is InChI=1S/C15H25N3O3S/c1-4-8-16-14(21)12(19)15(22-10-5-2)17-13(20)11-7-6-9-18(11)3/h4,11,15H,1,5-10H2,2-3H3,(H,16,21)(H,17,20). The molecule has 0 spiro atoms. The van der Waals surface area contributed by atoms with Crippen LogP contribution in [0.5, 0.6) is 0 Å². The predicted molar refractivity (Wildman–Crippen MR) is 88.5 cm³/mol. The monoisotopic (exact) mass is 327 g/mol. The summed E-state index contributed by atoms with van der Waals surface area (Å²) in [5.74, 6) is -0.785. The second-order valence-electron chi connectivity index (χ2n) is 5.26. The lowest BCUT2D eigenvalue weighted by Gasteiger charge is -2.22. The minimum absolute atomic E-state index is 0.182. The zero-order valence-electron chi connectivity index (χ0n) is 13.3. The molecule has 2 unspecified atom stereocenters. The summed E-state index contributed by atoms with van der Waals surface area (Å²) in [5.41, 5.74) is 0. The zero-order chi connectivity index (χ0) is 16.5. The van der Waals surface area contributed by atoms with Gasteiger partial charge < -0.3 is 10.6 Å². The Morgan fingerprint density at radius 1 is 1.45 bits per heavy atom. The van der Waals surface area contributed by atoms with Crippen molar-refractivity contribution in [3.63, 3.8) is 0 Å². The minimum atomic E-state index is -0.828. The molecule has 1 aliphatic heterocycles. The van der Waals surface area contributed by atoms with Crippen LogP contribution in [0.25, 0.3) is 0 Å². The molecule has 1 heterocycles. The summed E-state index contributed by atoms with van der Waals surface area (Å²) < 4.78 is 0. The number of likely N-dealkylation sites (tertiary alicyclic amines) is 1. The maximum atomic E-state index is 12.3. The lowest BCUT2D eigenvalue weighted by atomic mass is 10.2. The molecule has 0 aromatic rings. The molecule has 6 nitrogen and oxygen atoms in total. The van der Waals surface area contributed by atoms with Crippen LogP contribution in [0.15, 0.2) is 12.7 Å². The first-order chi connectivity index (χ1) is 10.5. The van der Waals surface area contributed by atoms with Crippen molar-refractivity contribution in [2.24, 2.45) is 0 Å². The molecule has 0 bridgehead atoms. The van der Waals surface area contributed by atoms with Gasteiger partial charge in [-0.2, -0.15) is 0 Å². The van der Waals surface area contributed by atoms with E-state index in [1.807, 2.05) is 18.9 Å². The molecular weight excluding hydrogens is 302 g/mol. The van der Waals surface area contributed by atoms with E-state index in [1.54, 1.807) is 0 Å². The van der Waals surface area contributed by atoms with Gasteiger partial charge in [-0.15, -0.1) is 18.3 Å². The molecule has 1 saturated heterocycles. The lowest BCUT2D eigenvalue weighted by Crippen LogP contribution is -2.50. The summed E-state index contributed by atoms with van der Waals surface area (Å²) in [4.78, 5) is 38.3. The summed E-state index contributed by atoms with van der Waals surface area (Å²) in [5, 5.41) is 4.36. The van der Waals surface area contributed by atoms with Crippen LogP contribution in [0.3, 0.4) is 0 Å². The molecule has 2 atom stereocenters. The summed E-state index contributed by atoms with van der Waals surface area (Å²) in [6.07, 6.45) is 4.12. The average molecular weight is 327 g/mol. The molecular formula is C15H25N3O3S. The number of thioether (sulfide) groups is 1. The Morgan fingerprint density at radius 3 is 2.73 bits per heavy atom. The Bertz CT molecular complexity index is 428. The van der Waals surface area contributed by atoms with Gasteiger partial charge in [-0.25, -0.2) is 0 Å². The van der Waals surface area contributed by atoms with Gasteiger partial charge in [0, 0.05) is 6.54 Å². The van der Waals surface area contributed by atoms with Crippen molar-refractivity contribution >= 4 is 29.4 Å². The molecule has 0 aromatic carbocycles. The number of hydrogen-bond acceptors (Lipinski definition) is 5. The van der Waals surface area contributed by atoms with E-state index >= 15 is 0 Å². The van der Waals surface area contributed by atoms with Gasteiger partial charge in [0.15, 0.2) is 0 Å². The van der Waals surface area contributed by atoms with E-state index in [0.717, 1.165) is 25.8 Å². The fraction of sp³-hybridized carbons (Fsp3) is 0.667. The van der Waals surface area contributed by atoms with E-state index in [9.17, 15) is 14.4 Å². The van der Waals surface area contributed by atoms with Crippen LogP contribution in [0.2, 0.25) is 0 Å². The highest BCUT2D eigenvalue weighted by Crippen LogP contribution is 2.17. The zero-order valence-corrected chi connectivity index (χ0v) is 14.1. The molecule has 22 heavy (non-hydrogen) atoms. The van der Waals surface area contributed by atoms with Crippen LogP contribution < -0.4 is 10.6 Å². The van der Waals surface area contributed by atoms with Crippen LogP contribution in [0.1, 0.15) is 26.2 Å². The number of Topliss-reactive ketones (excluding diaryl/α,β-unsaturated/α-hetero) is 1. The smallest absolute Gasteiger partial charge is 0.290 e. The third kappa shape index (κ3) is 5.46. The van der Waals surface area contributed by atoms with E-state index in [0.29, 0.717) is 5.75 Å². The number of carbonyl (C=O) groups excluding carboxylic acids is 3. The summed E-state index contributed by atoms with van der Waals surface area (Å²) >= 11 is 1.29. The van der Waals surface area contributed by atoms with Crippen molar-refractivity contribution in [2.45, 2.75) is 37.6 Å². The fourth-order valence-electron chi connectivity index (χ4n) is 2.26. The predicted octanol–water partition coefficient (Wildman–Crippen LogP) is 0.537. The van der Waals surface area contributed by atoms with Gasteiger partial charge in [-0.05, 0) is 38.6 Å². The third-order valence-electron chi connectivity index (χ3n) is 3.45. The normalized spacial score (nSPS) is 19.5. The van der Waals surface area contributed by atoms with Crippen molar-refractivity contribution in [2.75, 3.05) is 25.9 Å². The fourth-order valence-corrected chi connectivity index (χ4v) is 3.19. The Labute approximate surface area is 136 Å². The first-order valence-corrected chi connectivity index (χ1v) is 8.61. The molecule has 0 aromatic heterocycles. The van der Waals surface area contributed by atoms with Crippen molar-refractivity contribution < 1.29 is 14.4 Å². The van der Waals surface area contributed by atoms with E-state index in [4.69, 9.17) is 0 Å². The molecule has 1 fully saturated rings. The van der Waals surface area contributed by atoms with Crippen molar-refractivity contribution in [1.82, 2.24) is 15.5 Å². The van der Waals surface area contributed by atoms with Gasteiger partial charge in [0.1, 0.15) is 5.37 Å². The van der Waals surface area contributed by atoms with E-state index in [-0.39, 0.29) is 18.5 Å². The highest BCUT2D eigenvalue weighted by molar-refractivity contribution is 8.00. The summed E-state index contributed by atoms with van der Waals surface area (Å²) in [7, 11) is 1.89. The molecule has 2 N–H and O–H groups in total. The van der Waals surface area contributed by atoms with Crippen molar-refractivity contribution in [3.05, 3.63) is 12.7 Å². The number of amides is 2. The molecule has 124 valence electrons. The second-order valence-corrected chi connectivity index (χ2v) is 6.47. The van der Waals surface area contributed by atoms with Crippen LogP contribution in [0.4, 0.5) is 0 Å². The van der Waals surface area contributed by atoms with Gasteiger partial charge in [0.05, 0.1) is 6.04 Å². The molecule has 1 rings (SSSR count). The molecule has 0 radical (unpaired) electrons. The molecule has 0 saturated carbocycles. The van der Waals surface area contributed by atoms with Gasteiger partial charge in [-0.1, -0.05) is 13.0 Å². The van der Waals surface area contributed by atoms with Gasteiger partial charge in [0.2, 0.25) is 5.91 Å². The molecule has 1 aliphatic rings. The van der Waals surface area contributed by atoms with Gasteiger partial charge >= 0.3 is 0 Å². The molecule has 7 heteroatoms. The van der Waals surface area contributed by atoms with Crippen LogP contribution in [-0.2, 0) is 14.4 Å². The quantitative estimate of drug-likeness (QED) is 0.367. The van der Waals surface area contributed by atoms with Gasteiger partial charge in [0.25, 0.3) is 11.7 Å². The molecule has 0 aliphatic carbocycles. The van der Waals surface area contributed by atoms with Crippen molar-refractivity contribution in [3.8, 4) is 0 Å². The number of nitrogens with zero attached hydrogens (tertiary/aromatic N) is 1. The van der Waals surface area contributed by atoms with E-state index < -0.39 is 17.1 Å². The van der Waals surface area contributed by atoms with E-state index in [2.05, 4.69) is 17.2 Å². The maximum Gasteiger partial charge on any atom is 0.290 e. The van der Waals surface area contributed by atoms with Crippen molar-refractivity contribution in [1.29, 1.82) is 0 Å². The Balaban J connectivity index is 2.66. The third-order valence-corrected chi connectivity index (χ3v) is 4.76. The Kier molecular flexibility index (Phi) is 8.19. The first kappa shape index (κ1) is 18.7. The van der Waals surface area contributed by atoms with Crippen LogP contribution in [0, 0.1) is 0 Å². The number of likely N-dealkylation sites (N-methyl/N-ethyl adjacent to an activating group) is 1. The maximum absolute atomic E-state index is 12.3. The van der Waals surface area contributed by atoms with Crippen LogP contribution >= 0.6 is 11.8 Å². The second kappa shape index (κ2) is 9.63. The number of rotatable bonds is 9. The Hall–Kier alpha value is -1.34. The lowest BCUT2D eigenvalue weighted by molar-refractivity contribution is -0.138. The highest BCUT2D eigenvalue weighted by Gasteiger charge is 2.32. The number of nitrogens with one attached hydrogen (secondary N) is 2. The number of ketones is 1. The summed E-state index contributed by atoms with van der Waals surface area (Å²) in [6, 6.07) is -0.214. The van der Waals surface area contributed by atoms with Gasteiger partial charge in [-0.3, -0.25) is 19.3 Å². The molecule has 2 amide bonds. The van der Waals surface area contributed by atoms with E-state index in [1.165, 1.54) is 17.8 Å². The SMILES string of the molecule is C=CCNC(=O)C(=O)C(NC(=O)C1CCCN1C)SCCC. The topological polar surface area (TPSA) is 78.5 Å². The highest BCUT2D eigenvalue weighted by atomic mass is 32.2. The largest absolute Gasteiger partial charge is 0.346 e. The average Bonchev–Trinajstić information content (AvgIpc) is 2.94. The first-order valence-electron chi connectivity index (χ1n) is 7.56. The Morgan fingerprint density at radius 2 is 2.18 bits per heavy atom. The minimum Gasteiger partial charge on any atom is -0.346 e. The number of hydrogen-bond donors (Lipinski definition) is 2. The number of carbonyl (C=O) groups is 3. The van der Waals surface area contributed by atoms with Crippen LogP contribution in [-0.4, -0.2) is 59.8 Å².